The van der Waals surface area contributed by atoms with Crippen LogP contribution >= 0.6 is 0 Å². The van der Waals surface area contributed by atoms with Crippen molar-refractivity contribution >= 4 is 0 Å². The van der Waals surface area contributed by atoms with E-state index in [-0.39, 0.29) is 0 Å². The maximum absolute atomic E-state index is 3.78. The molecule has 0 fully saturated rings. The Labute approximate surface area is 112 Å². The van der Waals surface area contributed by atoms with Gasteiger partial charge in [0.2, 0.25) is 0 Å². The predicted molar refractivity (Wildman–Crippen MR) is 78.9 cm³/mol. The normalized spacial score (nSPS) is 16.8. The van der Waals surface area contributed by atoms with Gasteiger partial charge in [0.15, 0.2) is 0 Å². The molecule has 1 aromatic rings. The maximum atomic E-state index is 3.78. The predicted octanol–water partition coefficient (Wildman–Crippen LogP) is 3.96. The van der Waals surface area contributed by atoms with Gasteiger partial charge in [-0.05, 0) is 49.3 Å². The number of fused-ring (bicyclic) bond motifs is 1. The van der Waals surface area contributed by atoms with Gasteiger partial charge in [-0.3, -0.25) is 0 Å². The van der Waals surface area contributed by atoms with Crippen LogP contribution in [0, 0.1) is 5.92 Å². The van der Waals surface area contributed by atoms with Gasteiger partial charge in [0, 0.05) is 6.04 Å². The quantitative estimate of drug-likeness (QED) is 0.766. The number of hydrogen-bond donors (Lipinski definition) is 1. The molecule has 0 radical (unpaired) electrons. The third-order valence-corrected chi connectivity index (χ3v) is 4.18. The van der Waals surface area contributed by atoms with Gasteiger partial charge in [0.1, 0.15) is 0 Å². The van der Waals surface area contributed by atoms with E-state index in [0.717, 1.165) is 12.0 Å². The topological polar surface area (TPSA) is 12.0 Å². The van der Waals surface area contributed by atoms with Crippen LogP contribution in [0.2, 0.25) is 0 Å². The lowest BCUT2D eigenvalue weighted by Crippen LogP contribution is -2.37. The van der Waals surface area contributed by atoms with Crippen LogP contribution in [0.4, 0.5) is 0 Å². The summed E-state index contributed by atoms with van der Waals surface area (Å²) in [6.07, 6.45) is 7.80. The summed E-state index contributed by atoms with van der Waals surface area (Å²) in [6.45, 7) is 5.72. The van der Waals surface area contributed by atoms with Gasteiger partial charge in [-0.1, -0.05) is 51.0 Å². The Balaban J connectivity index is 1.96. The van der Waals surface area contributed by atoms with Crippen LogP contribution < -0.4 is 5.32 Å². The average molecular weight is 245 g/mol. The summed E-state index contributed by atoms with van der Waals surface area (Å²) in [7, 11) is 0. The molecule has 0 aliphatic heterocycles. The first-order valence-electron chi connectivity index (χ1n) is 7.65. The van der Waals surface area contributed by atoms with Crippen molar-refractivity contribution in [1.29, 1.82) is 0 Å². The molecule has 0 saturated carbocycles. The van der Waals surface area contributed by atoms with Gasteiger partial charge in [-0.15, -0.1) is 0 Å². The fourth-order valence-corrected chi connectivity index (χ4v) is 3.14. The van der Waals surface area contributed by atoms with E-state index in [0.29, 0.717) is 0 Å². The molecule has 1 aromatic carbocycles. The van der Waals surface area contributed by atoms with Crippen LogP contribution in [0.5, 0.6) is 0 Å². The molecular weight excluding hydrogens is 218 g/mol. The molecule has 1 heteroatoms. The lowest BCUT2D eigenvalue weighted by molar-refractivity contribution is 0.338. The summed E-state index contributed by atoms with van der Waals surface area (Å²) < 4.78 is 0. The number of benzene rings is 1. The van der Waals surface area contributed by atoms with Gasteiger partial charge in [-0.25, -0.2) is 0 Å². The van der Waals surface area contributed by atoms with Crippen molar-refractivity contribution in [3.63, 3.8) is 0 Å². The SMILES string of the molecule is CCCCC(NCCC)C1Cc2ccccc2C1. The summed E-state index contributed by atoms with van der Waals surface area (Å²) in [5.74, 6) is 0.820. The van der Waals surface area contributed by atoms with Crippen molar-refractivity contribution in [3.05, 3.63) is 35.4 Å². The van der Waals surface area contributed by atoms with Gasteiger partial charge in [0.25, 0.3) is 0 Å². The number of hydrogen-bond acceptors (Lipinski definition) is 1. The van der Waals surface area contributed by atoms with E-state index in [1.165, 1.54) is 45.1 Å². The van der Waals surface area contributed by atoms with Crippen molar-refractivity contribution < 1.29 is 0 Å². The minimum Gasteiger partial charge on any atom is -0.314 e. The molecule has 0 spiro atoms. The highest BCUT2D eigenvalue weighted by Crippen LogP contribution is 2.30. The van der Waals surface area contributed by atoms with E-state index in [1.54, 1.807) is 11.1 Å². The van der Waals surface area contributed by atoms with Gasteiger partial charge < -0.3 is 5.32 Å². The van der Waals surface area contributed by atoms with Crippen LogP contribution in [0.3, 0.4) is 0 Å². The molecule has 18 heavy (non-hydrogen) atoms. The van der Waals surface area contributed by atoms with E-state index in [2.05, 4.69) is 43.4 Å². The first-order valence-corrected chi connectivity index (χ1v) is 7.65. The fourth-order valence-electron chi connectivity index (χ4n) is 3.14. The van der Waals surface area contributed by atoms with Crippen LogP contribution in [-0.2, 0) is 12.8 Å². The van der Waals surface area contributed by atoms with Crippen LogP contribution in [0.25, 0.3) is 0 Å². The van der Waals surface area contributed by atoms with Gasteiger partial charge >= 0.3 is 0 Å². The summed E-state index contributed by atoms with van der Waals surface area (Å²) in [5.41, 5.74) is 3.17. The van der Waals surface area contributed by atoms with E-state index >= 15 is 0 Å². The van der Waals surface area contributed by atoms with Crippen LogP contribution in [0.15, 0.2) is 24.3 Å². The zero-order valence-electron chi connectivity index (χ0n) is 11.9. The Morgan fingerprint density at radius 2 is 1.78 bits per heavy atom. The van der Waals surface area contributed by atoms with Crippen molar-refractivity contribution in [2.24, 2.45) is 5.92 Å². The Kier molecular flexibility index (Phi) is 5.25. The van der Waals surface area contributed by atoms with Gasteiger partial charge in [0.05, 0.1) is 0 Å². The van der Waals surface area contributed by atoms with E-state index in [4.69, 9.17) is 0 Å². The highest BCUT2D eigenvalue weighted by atomic mass is 14.9. The van der Waals surface area contributed by atoms with Crippen molar-refractivity contribution in [2.75, 3.05) is 6.54 Å². The average Bonchev–Trinajstić information content (AvgIpc) is 2.82. The molecular formula is C17H27N. The van der Waals surface area contributed by atoms with E-state index in [9.17, 15) is 0 Å². The molecule has 0 saturated heterocycles. The highest BCUT2D eigenvalue weighted by molar-refractivity contribution is 5.32. The largest absolute Gasteiger partial charge is 0.314 e. The number of rotatable bonds is 7. The minimum atomic E-state index is 0.720. The molecule has 0 aromatic heterocycles. The van der Waals surface area contributed by atoms with Crippen molar-refractivity contribution in [1.82, 2.24) is 5.32 Å². The fraction of sp³-hybridized carbons (Fsp3) is 0.647. The summed E-state index contributed by atoms with van der Waals surface area (Å²) >= 11 is 0. The molecule has 1 atom stereocenters. The zero-order valence-corrected chi connectivity index (χ0v) is 11.9. The lowest BCUT2D eigenvalue weighted by Gasteiger charge is -2.24. The number of unbranched alkanes of at least 4 members (excludes halogenated alkanes) is 1. The second-order valence-electron chi connectivity index (χ2n) is 5.64. The van der Waals surface area contributed by atoms with Gasteiger partial charge in [-0.2, -0.15) is 0 Å². The van der Waals surface area contributed by atoms with Crippen LogP contribution in [-0.4, -0.2) is 12.6 Å². The second kappa shape index (κ2) is 6.94. The standard InChI is InChI=1S/C17H27N/c1-3-5-10-17(18-11-4-2)16-12-14-8-6-7-9-15(14)13-16/h6-9,16-18H,3-5,10-13H2,1-2H3. The lowest BCUT2D eigenvalue weighted by atomic mass is 9.92. The summed E-state index contributed by atoms with van der Waals surface area (Å²) in [5, 5.41) is 3.78. The first-order chi connectivity index (χ1) is 8.85. The smallest absolute Gasteiger partial charge is 0.0102 e. The Morgan fingerprint density at radius 3 is 2.33 bits per heavy atom. The van der Waals surface area contributed by atoms with E-state index in [1.807, 2.05) is 0 Å². The molecule has 2 rings (SSSR count). The third kappa shape index (κ3) is 3.35. The molecule has 1 aliphatic carbocycles. The first kappa shape index (κ1) is 13.6. The molecule has 1 N–H and O–H groups in total. The monoisotopic (exact) mass is 245 g/mol. The molecule has 0 heterocycles. The summed E-state index contributed by atoms with van der Waals surface area (Å²) in [6, 6.07) is 9.71. The Hall–Kier alpha value is -0.820. The zero-order chi connectivity index (χ0) is 12.8. The summed E-state index contributed by atoms with van der Waals surface area (Å²) in [4.78, 5) is 0. The van der Waals surface area contributed by atoms with Crippen molar-refractivity contribution in [3.8, 4) is 0 Å². The maximum Gasteiger partial charge on any atom is 0.0102 e. The molecule has 1 unspecified atom stereocenters. The Bertz CT molecular complexity index is 325. The number of nitrogens with one attached hydrogen (secondary N) is 1. The molecule has 1 aliphatic rings. The molecule has 1 nitrogen and oxygen atoms in total. The Morgan fingerprint density at radius 1 is 1.11 bits per heavy atom. The molecule has 0 bridgehead atoms. The second-order valence-corrected chi connectivity index (χ2v) is 5.64. The van der Waals surface area contributed by atoms with Crippen molar-refractivity contribution in [2.45, 2.75) is 58.4 Å². The minimum absolute atomic E-state index is 0.720. The molecule has 0 amide bonds. The van der Waals surface area contributed by atoms with E-state index < -0.39 is 0 Å². The molecule has 100 valence electrons. The van der Waals surface area contributed by atoms with Crippen LogP contribution in [0.1, 0.15) is 50.7 Å². The third-order valence-electron chi connectivity index (χ3n) is 4.18. The highest BCUT2D eigenvalue weighted by Gasteiger charge is 2.27.